The van der Waals surface area contributed by atoms with Gasteiger partial charge in [0.25, 0.3) is 0 Å². The molecule has 122 valence electrons. The second-order valence-electron chi connectivity index (χ2n) is 7.36. The molecule has 22 heavy (non-hydrogen) atoms. The molecule has 1 aromatic carbocycles. The van der Waals surface area contributed by atoms with Crippen LogP contribution in [-0.4, -0.2) is 32.3 Å². The van der Waals surface area contributed by atoms with E-state index in [0.717, 1.165) is 26.1 Å². The second-order valence-corrected chi connectivity index (χ2v) is 7.36. The minimum atomic E-state index is -0.0864. The second kappa shape index (κ2) is 7.14. The number of hydrogen-bond donors (Lipinski definition) is 2. The quantitative estimate of drug-likeness (QED) is 0.898. The first-order valence-electron chi connectivity index (χ1n) is 8.06. The molecule has 2 rings (SSSR count). The summed E-state index contributed by atoms with van der Waals surface area (Å²) < 4.78 is 5.52. The third-order valence-corrected chi connectivity index (χ3v) is 4.20. The molecule has 1 aromatic rings. The number of carbonyl (C=O) groups excluding carboxylic acids is 1. The van der Waals surface area contributed by atoms with Gasteiger partial charge in [-0.05, 0) is 23.8 Å². The maximum Gasteiger partial charge on any atom is 0.314 e. The zero-order valence-electron chi connectivity index (χ0n) is 13.9. The van der Waals surface area contributed by atoms with Gasteiger partial charge in [0.05, 0.1) is 0 Å². The lowest BCUT2D eigenvalue weighted by molar-refractivity contribution is 0.0506. The molecule has 0 saturated carbocycles. The highest BCUT2D eigenvalue weighted by Gasteiger charge is 2.34. The summed E-state index contributed by atoms with van der Waals surface area (Å²) in [4.78, 5) is 12.1. The molecule has 2 N–H and O–H groups in total. The van der Waals surface area contributed by atoms with Crippen molar-refractivity contribution < 1.29 is 9.53 Å². The monoisotopic (exact) mass is 304 g/mol. The topological polar surface area (TPSA) is 50.4 Å². The van der Waals surface area contributed by atoms with Crippen molar-refractivity contribution in [2.45, 2.75) is 39.0 Å². The summed E-state index contributed by atoms with van der Waals surface area (Å²) >= 11 is 0. The number of benzene rings is 1. The number of nitrogens with one attached hydrogen (secondary N) is 2. The van der Waals surface area contributed by atoms with Crippen LogP contribution in [0.5, 0.6) is 0 Å². The third-order valence-electron chi connectivity index (χ3n) is 4.20. The van der Waals surface area contributed by atoms with Crippen LogP contribution in [0.1, 0.15) is 39.2 Å². The maximum atomic E-state index is 12.1. The van der Waals surface area contributed by atoms with E-state index in [2.05, 4.69) is 55.7 Å². The molecule has 0 aliphatic carbocycles. The molecule has 0 aromatic heterocycles. The summed E-state index contributed by atoms with van der Waals surface area (Å²) in [5.74, 6) is 0. The summed E-state index contributed by atoms with van der Waals surface area (Å²) in [6.45, 7) is 9.14. The highest BCUT2D eigenvalue weighted by atomic mass is 16.5. The van der Waals surface area contributed by atoms with Gasteiger partial charge in [-0.2, -0.15) is 0 Å². The minimum absolute atomic E-state index is 0.0153. The average Bonchev–Trinajstić information content (AvgIpc) is 2.52. The van der Waals surface area contributed by atoms with Crippen molar-refractivity contribution >= 4 is 6.03 Å². The zero-order valence-corrected chi connectivity index (χ0v) is 13.9. The number of carbonyl (C=O) groups is 1. The van der Waals surface area contributed by atoms with E-state index in [-0.39, 0.29) is 16.9 Å². The summed E-state index contributed by atoms with van der Waals surface area (Å²) in [7, 11) is 0. The molecule has 2 amide bonds. The van der Waals surface area contributed by atoms with Crippen molar-refractivity contribution in [3.05, 3.63) is 35.9 Å². The highest BCUT2D eigenvalue weighted by Crippen LogP contribution is 2.34. The van der Waals surface area contributed by atoms with Gasteiger partial charge in [-0.3, -0.25) is 0 Å². The Morgan fingerprint density at radius 1 is 1.14 bits per heavy atom. The predicted molar refractivity (Wildman–Crippen MR) is 89.0 cm³/mol. The van der Waals surface area contributed by atoms with Gasteiger partial charge in [0, 0.05) is 31.7 Å². The van der Waals surface area contributed by atoms with E-state index in [1.165, 1.54) is 5.56 Å². The van der Waals surface area contributed by atoms with Crippen LogP contribution in [0.2, 0.25) is 0 Å². The molecule has 0 radical (unpaired) electrons. The maximum absolute atomic E-state index is 12.1. The fourth-order valence-corrected chi connectivity index (χ4v) is 2.78. The van der Waals surface area contributed by atoms with Crippen LogP contribution in [-0.2, 0) is 10.2 Å². The summed E-state index contributed by atoms with van der Waals surface area (Å²) in [6, 6.07) is 10.4. The van der Waals surface area contributed by atoms with Crippen molar-refractivity contribution in [3.8, 4) is 0 Å². The van der Waals surface area contributed by atoms with Crippen molar-refractivity contribution in [2.24, 2.45) is 5.41 Å². The summed E-state index contributed by atoms with van der Waals surface area (Å²) in [5, 5.41) is 6.01. The van der Waals surface area contributed by atoms with E-state index < -0.39 is 0 Å². The van der Waals surface area contributed by atoms with Crippen molar-refractivity contribution in [1.82, 2.24) is 10.6 Å². The van der Waals surface area contributed by atoms with Gasteiger partial charge in [0.15, 0.2) is 0 Å². The van der Waals surface area contributed by atoms with Crippen LogP contribution >= 0.6 is 0 Å². The van der Waals surface area contributed by atoms with Crippen molar-refractivity contribution in [1.29, 1.82) is 0 Å². The van der Waals surface area contributed by atoms with E-state index >= 15 is 0 Å². The Bertz CT molecular complexity index is 474. The molecule has 0 bridgehead atoms. The normalized spacial score (nSPS) is 17.8. The lowest BCUT2D eigenvalue weighted by atomic mass is 9.74. The third kappa shape index (κ3) is 4.73. The van der Waals surface area contributed by atoms with E-state index in [1.54, 1.807) is 0 Å². The fraction of sp³-hybridized carbons (Fsp3) is 0.611. The zero-order chi connectivity index (χ0) is 16.1. The molecular weight excluding hydrogens is 276 g/mol. The number of hydrogen-bond acceptors (Lipinski definition) is 2. The molecular formula is C18H28N2O2. The lowest BCUT2D eigenvalue weighted by Crippen LogP contribution is -2.48. The first-order valence-corrected chi connectivity index (χ1v) is 8.06. The van der Waals surface area contributed by atoms with Gasteiger partial charge < -0.3 is 15.4 Å². The van der Waals surface area contributed by atoms with Crippen molar-refractivity contribution in [2.75, 3.05) is 26.3 Å². The van der Waals surface area contributed by atoms with Gasteiger partial charge in [-0.15, -0.1) is 0 Å². The predicted octanol–water partition coefficient (Wildman–Crippen LogP) is 3.08. The number of urea groups is 1. The van der Waals surface area contributed by atoms with Crippen LogP contribution in [0.25, 0.3) is 0 Å². The molecule has 1 heterocycles. The Morgan fingerprint density at radius 3 is 2.36 bits per heavy atom. The molecule has 1 fully saturated rings. The first-order chi connectivity index (χ1) is 10.4. The van der Waals surface area contributed by atoms with E-state index in [1.807, 2.05) is 6.07 Å². The Balaban J connectivity index is 1.98. The van der Waals surface area contributed by atoms with Crippen LogP contribution in [0, 0.1) is 5.41 Å². The van der Waals surface area contributed by atoms with Gasteiger partial charge in [-0.25, -0.2) is 4.79 Å². The Hall–Kier alpha value is -1.55. The Labute approximate surface area is 133 Å². The molecule has 4 nitrogen and oxygen atoms in total. The molecule has 4 heteroatoms. The fourth-order valence-electron chi connectivity index (χ4n) is 2.78. The van der Waals surface area contributed by atoms with Crippen molar-refractivity contribution in [3.63, 3.8) is 0 Å². The molecule has 1 saturated heterocycles. The standard InChI is InChI=1S/C18H28N2O2/c1-17(2,3)13-19-16(21)20-14-18(9-11-22-12-10-18)15-7-5-4-6-8-15/h4-8H,9-14H2,1-3H3,(H2,19,20,21). The molecule has 1 aliphatic heterocycles. The number of rotatable bonds is 4. The minimum Gasteiger partial charge on any atom is -0.381 e. The molecule has 1 aliphatic rings. The lowest BCUT2D eigenvalue weighted by Gasteiger charge is -2.38. The smallest absolute Gasteiger partial charge is 0.314 e. The molecule has 0 unspecified atom stereocenters. The SMILES string of the molecule is CC(C)(C)CNC(=O)NCC1(c2ccccc2)CCOCC1. The largest absolute Gasteiger partial charge is 0.381 e. The summed E-state index contributed by atoms with van der Waals surface area (Å²) in [5.41, 5.74) is 1.36. The van der Waals surface area contributed by atoms with Gasteiger partial charge in [-0.1, -0.05) is 51.1 Å². The Morgan fingerprint density at radius 2 is 1.77 bits per heavy atom. The van der Waals surface area contributed by atoms with E-state index in [0.29, 0.717) is 13.1 Å². The van der Waals surface area contributed by atoms with Crippen LogP contribution in [0.3, 0.4) is 0 Å². The van der Waals surface area contributed by atoms with Crippen LogP contribution < -0.4 is 10.6 Å². The molecule has 0 spiro atoms. The average molecular weight is 304 g/mol. The molecule has 0 atom stereocenters. The number of amides is 2. The van der Waals surface area contributed by atoms with Gasteiger partial charge in [0.1, 0.15) is 0 Å². The number of ether oxygens (including phenoxy) is 1. The Kier molecular flexibility index (Phi) is 5.46. The van der Waals surface area contributed by atoms with E-state index in [9.17, 15) is 4.79 Å². The van der Waals surface area contributed by atoms with Crippen LogP contribution in [0.15, 0.2) is 30.3 Å². The van der Waals surface area contributed by atoms with Gasteiger partial charge in [0.2, 0.25) is 0 Å². The van der Waals surface area contributed by atoms with E-state index in [4.69, 9.17) is 4.74 Å². The van der Waals surface area contributed by atoms with Crippen LogP contribution in [0.4, 0.5) is 4.79 Å². The summed E-state index contributed by atoms with van der Waals surface area (Å²) in [6.07, 6.45) is 1.88. The first kappa shape index (κ1) is 16.8. The van der Waals surface area contributed by atoms with Gasteiger partial charge >= 0.3 is 6.03 Å². The highest BCUT2D eigenvalue weighted by molar-refractivity contribution is 5.74.